The average molecular weight is 260 g/mol. The maximum absolute atomic E-state index is 11.8. The van der Waals surface area contributed by atoms with Crippen LogP contribution in [0.15, 0.2) is 30.3 Å². The van der Waals surface area contributed by atoms with Gasteiger partial charge in [0.2, 0.25) is 0 Å². The Hall–Kier alpha value is -1.15. The first-order chi connectivity index (χ1) is 9.21. The number of rotatable bonds is 7. The summed E-state index contributed by atoms with van der Waals surface area (Å²) in [5.41, 5.74) is 1.19. The summed E-state index contributed by atoms with van der Waals surface area (Å²) >= 11 is 0. The fourth-order valence-electron chi connectivity index (χ4n) is 2.83. The van der Waals surface area contributed by atoms with Crippen molar-refractivity contribution in [2.75, 3.05) is 6.61 Å². The SMILES string of the molecule is C[C@@]1(CCCCOCc2ccccc2)CCCC1=O. The molecule has 2 rings (SSSR count). The number of unbranched alkanes of at least 4 members (excludes halogenated alkanes) is 1. The molecule has 0 radical (unpaired) electrons. The summed E-state index contributed by atoms with van der Waals surface area (Å²) in [5, 5.41) is 0. The molecule has 0 bridgehead atoms. The molecule has 1 aliphatic carbocycles. The van der Waals surface area contributed by atoms with Crippen molar-refractivity contribution in [3.05, 3.63) is 35.9 Å². The Kier molecular flexibility index (Phi) is 5.15. The molecule has 0 heterocycles. The highest BCUT2D eigenvalue weighted by Gasteiger charge is 2.36. The Labute approximate surface area is 116 Å². The minimum atomic E-state index is -0.0283. The van der Waals surface area contributed by atoms with Gasteiger partial charge in [0.1, 0.15) is 5.78 Å². The fraction of sp³-hybridized carbons (Fsp3) is 0.588. The van der Waals surface area contributed by atoms with Gasteiger partial charge in [0.15, 0.2) is 0 Å². The molecule has 1 saturated carbocycles. The van der Waals surface area contributed by atoms with E-state index >= 15 is 0 Å². The first-order valence-electron chi connectivity index (χ1n) is 7.36. The standard InChI is InChI=1S/C17H24O2/c1-17(12-7-10-16(17)18)11-5-6-13-19-14-15-8-3-2-4-9-15/h2-4,8-9H,5-7,10-14H2,1H3/t17-/m1/s1. The van der Waals surface area contributed by atoms with Crippen LogP contribution in [0.4, 0.5) is 0 Å². The lowest BCUT2D eigenvalue weighted by Crippen LogP contribution is -2.21. The third kappa shape index (κ3) is 4.17. The molecule has 2 nitrogen and oxygen atoms in total. The van der Waals surface area contributed by atoms with E-state index in [1.807, 2.05) is 18.2 Å². The summed E-state index contributed by atoms with van der Waals surface area (Å²) in [6.07, 6.45) is 6.13. The van der Waals surface area contributed by atoms with Crippen molar-refractivity contribution in [3.8, 4) is 0 Å². The molecule has 0 saturated heterocycles. The van der Waals surface area contributed by atoms with E-state index in [4.69, 9.17) is 4.74 Å². The van der Waals surface area contributed by atoms with Crippen molar-refractivity contribution < 1.29 is 9.53 Å². The first-order valence-corrected chi connectivity index (χ1v) is 7.36. The number of ketones is 1. The zero-order chi connectivity index (χ0) is 13.6. The lowest BCUT2D eigenvalue weighted by atomic mass is 9.82. The van der Waals surface area contributed by atoms with Gasteiger partial charge >= 0.3 is 0 Å². The van der Waals surface area contributed by atoms with E-state index in [0.29, 0.717) is 12.4 Å². The van der Waals surface area contributed by atoms with Crippen molar-refractivity contribution >= 4 is 5.78 Å². The summed E-state index contributed by atoms with van der Waals surface area (Å²) in [7, 11) is 0. The van der Waals surface area contributed by atoms with Gasteiger partial charge in [-0.1, -0.05) is 43.7 Å². The highest BCUT2D eigenvalue weighted by molar-refractivity contribution is 5.86. The van der Waals surface area contributed by atoms with Crippen LogP contribution in [0.3, 0.4) is 0 Å². The molecule has 0 aromatic heterocycles. The molecule has 1 aliphatic rings. The van der Waals surface area contributed by atoms with Gasteiger partial charge in [-0.3, -0.25) is 4.79 Å². The Morgan fingerprint density at radius 3 is 2.68 bits per heavy atom. The van der Waals surface area contributed by atoms with Crippen LogP contribution >= 0.6 is 0 Å². The van der Waals surface area contributed by atoms with Crippen LogP contribution < -0.4 is 0 Å². The molecule has 1 atom stereocenters. The largest absolute Gasteiger partial charge is 0.377 e. The van der Waals surface area contributed by atoms with Gasteiger partial charge in [-0.2, -0.15) is 0 Å². The van der Waals surface area contributed by atoms with Crippen molar-refractivity contribution in [1.29, 1.82) is 0 Å². The van der Waals surface area contributed by atoms with Gasteiger partial charge in [0.05, 0.1) is 6.61 Å². The van der Waals surface area contributed by atoms with Gasteiger partial charge < -0.3 is 4.74 Å². The maximum atomic E-state index is 11.8. The summed E-state index contributed by atoms with van der Waals surface area (Å²) in [6, 6.07) is 10.2. The first kappa shape index (κ1) is 14.3. The highest BCUT2D eigenvalue weighted by Crippen LogP contribution is 2.38. The van der Waals surface area contributed by atoms with Crippen LogP contribution in [0.2, 0.25) is 0 Å². The third-order valence-corrected chi connectivity index (χ3v) is 4.18. The summed E-state index contributed by atoms with van der Waals surface area (Å²) in [4.78, 5) is 11.8. The molecule has 0 amide bonds. The van der Waals surface area contributed by atoms with Gasteiger partial charge in [-0.15, -0.1) is 0 Å². The molecule has 104 valence electrons. The molecule has 0 spiro atoms. The molecule has 1 fully saturated rings. The Bertz CT molecular complexity index is 399. The highest BCUT2D eigenvalue weighted by atomic mass is 16.5. The fourth-order valence-corrected chi connectivity index (χ4v) is 2.83. The normalized spacial score (nSPS) is 22.9. The molecular weight excluding hydrogens is 236 g/mol. The molecule has 19 heavy (non-hydrogen) atoms. The second kappa shape index (κ2) is 6.85. The van der Waals surface area contributed by atoms with Gasteiger partial charge in [0, 0.05) is 18.4 Å². The lowest BCUT2D eigenvalue weighted by Gasteiger charge is -2.21. The maximum Gasteiger partial charge on any atom is 0.138 e. The van der Waals surface area contributed by atoms with E-state index in [2.05, 4.69) is 19.1 Å². The average Bonchev–Trinajstić information content (AvgIpc) is 2.75. The smallest absolute Gasteiger partial charge is 0.138 e. The monoisotopic (exact) mass is 260 g/mol. The second-order valence-corrected chi connectivity index (χ2v) is 5.83. The number of hydrogen-bond donors (Lipinski definition) is 0. The van der Waals surface area contributed by atoms with Crippen LogP contribution in [-0.2, 0) is 16.1 Å². The van der Waals surface area contributed by atoms with Gasteiger partial charge in [0.25, 0.3) is 0 Å². The minimum Gasteiger partial charge on any atom is -0.377 e. The zero-order valence-corrected chi connectivity index (χ0v) is 11.9. The molecule has 0 N–H and O–H groups in total. The van der Waals surface area contributed by atoms with E-state index in [1.54, 1.807) is 0 Å². The summed E-state index contributed by atoms with van der Waals surface area (Å²) in [5.74, 6) is 0.470. The van der Waals surface area contributed by atoms with Crippen molar-refractivity contribution in [2.24, 2.45) is 5.41 Å². The number of carbonyl (C=O) groups excluding carboxylic acids is 1. The molecule has 2 heteroatoms. The molecule has 0 aliphatic heterocycles. The number of hydrogen-bond acceptors (Lipinski definition) is 2. The Morgan fingerprint density at radius 1 is 1.21 bits per heavy atom. The van der Waals surface area contributed by atoms with Crippen molar-refractivity contribution in [1.82, 2.24) is 0 Å². The third-order valence-electron chi connectivity index (χ3n) is 4.18. The topological polar surface area (TPSA) is 26.3 Å². The van der Waals surface area contributed by atoms with Gasteiger partial charge in [-0.05, 0) is 31.2 Å². The minimum absolute atomic E-state index is 0.0283. The van der Waals surface area contributed by atoms with Crippen LogP contribution in [-0.4, -0.2) is 12.4 Å². The Morgan fingerprint density at radius 2 is 2.00 bits per heavy atom. The van der Waals surface area contributed by atoms with Crippen molar-refractivity contribution in [2.45, 2.75) is 52.1 Å². The Balaban J connectivity index is 1.56. The quantitative estimate of drug-likeness (QED) is 0.689. The number of ether oxygens (including phenoxy) is 1. The van der Waals surface area contributed by atoms with E-state index < -0.39 is 0 Å². The lowest BCUT2D eigenvalue weighted by molar-refractivity contribution is -0.125. The molecule has 1 aromatic rings. The van der Waals surface area contributed by atoms with E-state index in [1.165, 1.54) is 5.56 Å². The van der Waals surface area contributed by atoms with Crippen LogP contribution in [0.1, 0.15) is 51.0 Å². The van der Waals surface area contributed by atoms with Crippen molar-refractivity contribution in [3.63, 3.8) is 0 Å². The van der Waals surface area contributed by atoms with Gasteiger partial charge in [-0.25, -0.2) is 0 Å². The predicted molar refractivity (Wildman–Crippen MR) is 76.9 cm³/mol. The number of Topliss-reactive ketones (excluding diaryl/α,β-unsaturated/α-hetero) is 1. The summed E-state index contributed by atoms with van der Waals surface area (Å²) < 4.78 is 5.66. The predicted octanol–water partition coefficient (Wildman–Crippen LogP) is 4.13. The molecular formula is C17H24O2. The van der Waals surface area contributed by atoms with Crippen LogP contribution in [0.5, 0.6) is 0 Å². The van der Waals surface area contributed by atoms with E-state index in [0.717, 1.165) is 45.1 Å². The molecule has 1 aromatic carbocycles. The molecule has 0 unspecified atom stereocenters. The number of benzene rings is 1. The van der Waals surface area contributed by atoms with E-state index in [9.17, 15) is 4.79 Å². The van der Waals surface area contributed by atoms with Crippen LogP contribution in [0, 0.1) is 5.41 Å². The number of carbonyl (C=O) groups is 1. The summed E-state index contributed by atoms with van der Waals surface area (Å²) in [6.45, 7) is 3.61. The second-order valence-electron chi connectivity index (χ2n) is 5.83. The van der Waals surface area contributed by atoms with E-state index in [-0.39, 0.29) is 5.41 Å². The van der Waals surface area contributed by atoms with Crippen LogP contribution in [0.25, 0.3) is 0 Å². The zero-order valence-electron chi connectivity index (χ0n) is 11.9.